The molecule has 0 amide bonds. The molecule has 1 saturated carbocycles. The molecule has 1 aliphatic heterocycles. The number of rotatable bonds is 3. The van der Waals surface area contributed by atoms with Crippen molar-refractivity contribution < 1.29 is 4.74 Å². The van der Waals surface area contributed by atoms with E-state index in [1.165, 1.54) is 38.6 Å². The molecule has 2 atom stereocenters. The first-order valence-electron chi connectivity index (χ1n) is 6.81. The van der Waals surface area contributed by atoms with E-state index in [0.717, 1.165) is 25.6 Å². The third-order valence-corrected chi connectivity index (χ3v) is 4.22. The number of ether oxygens (including phenoxy) is 1. The van der Waals surface area contributed by atoms with Crippen molar-refractivity contribution in [3.05, 3.63) is 0 Å². The molecule has 16 heavy (non-hydrogen) atoms. The summed E-state index contributed by atoms with van der Waals surface area (Å²) in [5, 5.41) is 0. The zero-order chi connectivity index (χ0) is 11.4. The lowest BCUT2D eigenvalue weighted by Crippen LogP contribution is -2.53. The maximum atomic E-state index is 6.16. The molecular weight excluding hydrogens is 200 g/mol. The Balaban J connectivity index is 1.78. The van der Waals surface area contributed by atoms with Gasteiger partial charge >= 0.3 is 0 Å². The van der Waals surface area contributed by atoms with Gasteiger partial charge in [-0.25, -0.2) is 0 Å². The van der Waals surface area contributed by atoms with E-state index in [2.05, 4.69) is 11.9 Å². The number of likely N-dealkylation sites (N-methyl/N-ethyl adjacent to an activating group) is 1. The van der Waals surface area contributed by atoms with Gasteiger partial charge < -0.3 is 10.5 Å². The van der Waals surface area contributed by atoms with Gasteiger partial charge in [0, 0.05) is 25.2 Å². The summed E-state index contributed by atoms with van der Waals surface area (Å²) in [6.07, 6.45) is 8.11. The average Bonchev–Trinajstić information content (AvgIpc) is 2.31. The van der Waals surface area contributed by atoms with Crippen LogP contribution in [-0.2, 0) is 4.74 Å². The Morgan fingerprint density at radius 3 is 2.62 bits per heavy atom. The number of nitrogens with two attached hydrogens (primary N) is 1. The molecule has 0 bridgehead atoms. The first kappa shape index (κ1) is 12.3. The molecule has 2 aliphatic rings. The molecule has 0 radical (unpaired) electrons. The van der Waals surface area contributed by atoms with Gasteiger partial charge in [0.2, 0.25) is 0 Å². The number of hydrogen-bond donors (Lipinski definition) is 1. The minimum Gasteiger partial charge on any atom is -0.380 e. The number of hydrogen-bond acceptors (Lipinski definition) is 3. The van der Waals surface area contributed by atoms with E-state index in [1.54, 1.807) is 0 Å². The molecule has 2 unspecified atom stereocenters. The molecule has 2 fully saturated rings. The van der Waals surface area contributed by atoms with Crippen molar-refractivity contribution in [1.29, 1.82) is 0 Å². The van der Waals surface area contributed by atoms with Gasteiger partial charge in [-0.1, -0.05) is 19.3 Å². The zero-order valence-electron chi connectivity index (χ0n) is 10.5. The standard InChI is InChI=1S/C13H26N2O/c1-15(9-11-5-3-2-4-6-11)13-10-16-8-7-12(13)14/h11-13H,2-10,14H2,1H3. The number of nitrogens with zero attached hydrogens (tertiary/aromatic N) is 1. The van der Waals surface area contributed by atoms with Crippen LogP contribution in [0.4, 0.5) is 0 Å². The molecular formula is C13H26N2O. The van der Waals surface area contributed by atoms with E-state index in [0.29, 0.717) is 12.1 Å². The molecule has 3 nitrogen and oxygen atoms in total. The predicted octanol–water partition coefficient (Wildman–Crippen LogP) is 1.61. The van der Waals surface area contributed by atoms with Crippen molar-refractivity contribution in [3.8, 4) is 0 Å². The highest BCUT2D eigenvalue weighted by atomic mass is 16.5. The normalized spacial score (nSPS) is 33.2. The van der Waals surface area contributed by atoms with Gasteiger partial charge in [0.25, 0.3) is 0 Å². The summed E-state index contributed by atoms with van der Waals surface area (Å²) in [4.78, 5) is 2.44. The Bertz CT molecular complexity index is 204. The lowest BCUT2D eigenvalue weighted by Gasteiger charge is -2.38. The van der Waals surface area contributed by atoms with Gasteiger partial charge in [-0.2, -0.15) is 0 Å². The van der Waals surface area contributed by atoms with Crippen LogP contribution < -0.4 is 5.73 Å². The van der Waals surface area contributed by atoms with Crippen molar-refractivity contribution in [1.82, 2.24) is 4.90 Å². The second-order valence-electron chi connectivity index (χ2n) is 5.54. The lowest BCUT2D eigenvalue weighted by atomic mass is 9.88. The maximum absolute atomic E-state index is 6.16. The second kappa shape index (κ2) is 5.99. The highest BCUT2D eigenvalue weighted by Gasteiger charge is 2.27. The van der Waals surface area contributed by atoms with E-state index in [9.17, 15) is 0 Å². The summed E-state index contributed by atoms with van der Waals surface area (Å²) in [6.45, 7) is 2.88. The third-order valence-electron chi connectivity index (χ3n) is 4.22. The second-order valence-corrected chi connectivity index (χ2v) is 5.54. The highest BCUT2D eigenvalue weighted by molar-refractivity contribution is 4.84. The van der Waals surface area contributed by atoms with E-state index in [-0.39, 0.29) is 0 Å². The van der Waals surface area contributed by atoms with E-state index in [1.807, 2.05) is 0 Å². The largest absolute Gasteiger partial charge is 0.380 e. The Hall–Kier alpha value is -0.120. The quantitative estimate of drug-likeness (QED) is 0.794. The Morgan fingerprint density at radius 2 is 1.94 bits per heavy atom. The molecule has 1 saturated heterocycles. The van der Waals surface area contributed by atoms with Crippen LogP contribution in [-0.4, -0.2) is 43.8 Å². The molecule has 2 N–H and O–H groups in total. The van der Waals surface area contributed by atoms with Gasteiger partial charge in [-0.05, 0) is 32.2 Å². The Morgan fingerprint density at radius 1 is 1.19 bits per heavy atom. The van der Waals surface area contributed by atoms with E-state index in [4.69, 9.17) is 10.5 Å². The van der Waals surface area contributed by atoms with Crippen molar-refractivity contribution in [3.63, 3.8) is 0 Å². The Labute approximate surface area is 99.3 Å². The van der Waals surface area contributed by atoms with Gasteiger partial charge in [0.1, 0.15) is 0 Å². The SMILES string of the molecule is CN(CC1CCCCC1)C1COCCC1N. The van der Waals surface area contributed by atoms with Crippen molar-refractivity contribution in [2.24, 2.45) is 11.7 Å². The van der Waals surface area contributed by atoms with Crippen LogP contribution in [0.25, 0.3) is 0 Å². The minimum atomic E-state index is 0.308. The predicted molar refractivity (Wildman–Crippen MR) is 66.4 cm³/mol. The summed E-state index contributed by atoms with van der Waals surface area (Å²) in [6, 6.07) is 0.748. The Kier molecular flexibility index (Phi) is 4.62. The fourth-order valence-corrected chi connectivity index (χ4v) is 3.11. The highest BCUT2D eigenvalue weighted by Crippen LogP contribution is 2.25. The first-order chi connectivity index (χ1) is 7.77. The van der Waals surface area contributed by atoms with E-state index >= 15 is 0 Å². The maximum Gasteiger partial charge on any atom is 0.0636 e. The zero-order valence-corrected chi connectivity index (χ0v) is 10.5. The topological polar surface area (TPSA) is 38.5 Å². The first-order valence-corrected chi connectivity index (χ1v) is 6.81. The van der Waals surface area contributed by atoms with Crippen LogP contribution in [0.1, 0.15) is 38.5 Å². The molecule has 94 valence electrons. The molecule has 1 aliphatic carbocycles. The lowest BCUT2D eigenvalue weighted by molar-refractivity contribution is 0.00872. The molecule has 0 aromatic rings. The van der Waals surface area contributed by atoms with Crippen LogP contribution in [0.5, 0.6) is 0 Å². The molecule has 3 heteroatoms. The van der Waals surface area contributed by atoms with E-state index < -0.39 is 0 Å². The molecule has 1 heterocycles. The van der Waals surface area contributed by atoms with Gasteiger partial charge in [0.15, 0.2) is 0 Å². The van der Waals surface area contributed by atoms with Crippen LogP contribution in [0.2, 0.25) is 0 Å². The molecule has 2 rings (SSSR count). The van der Waals surface area contributed by atoms with Gasteiger partial charge in [0.05, 0.1) is 6.61 Å². The monoisotopic (exact) mass is 226 g/mol. The molecule has 0 aromatic heterocycles. The fourth-order valence-electron chi connectivity index (χ4n) is 3.11. The average molecular weight is 226 g/mol. The summed E-state index contributed by atoms with van der Waals surface area (Å²) < 4.78 is 5.54. The minimum absolute atomic E-state index is 0.308. The van der Waals surface area contributed by atoms with Crippen molar-refractivity contribution in [2.45, 2.75) is 50.6 Å². The molecule has 0 aromatic carbocycles. The molecule has 0 spiro atoms. The summed E-state index contributed by atoms with van der Waals surface area (Å²) in [5.74, 6) is 0.896. The van der Waals surface area contributed by atoms with Gasteiger partial charge in [-0.15, -0.1) is 0 Å². The van der Waals surface area contributed by atoms with Crippen LogP contribution in [0.3, 0.4) is 0 Å². The smallest absolute Gasteiger partial charge is 0.0636 e. The van der Waals surface area contributed by atoms with Crippen molar-refractivity contribution in [2.75, 3.05) is 26.8 Å². The van der Waals surface area contributed by atoms with Crippen molar-refractivity contribution >= 4 is 0 Å². The fraction of sp³-hybridized carbons (Fsp3) is 1.00. The van der Waals surface area contributed by atoms with Crippen LogP contribution in [0.15, 0.2) is 0 Å². The third kappa shape index (κ3) is 3.19. The van der Waals surface area contributed by atoms with Gasteiger partial charge in [-0.3, -0.25) is 4.90 Å². The summed E-state index contributed by atoms with van der Waals surface area (Å²) >= 11 is 0. The summed E-state index contributed by atoms with van der Waals surface area (Å²) in [7, 11) is 2.22. The summed E-state index contributed by atoms with van der Waals surface area (Å²) in [5.41, 5.74) is 6.16. The van der Waals surface area contributed by atoms with Crippen LogP contribution in [0, 0.1) is 5.92 Å². The van der Waals surface area contributed by atoms with Crippen LogP contribution >= 0.6 is 0 Å².